The van der Waals surface area contributed by atoms with E-state index in [1.54, 1.807) is 0 Å². The van der Waals surface area contributed by atoms with Crippen LogP contribution in [0.3, 0.4) is 0 Å². The lowest BCUT2D eigenvalue weighted by molar-refractivity contribution is -0.252. The molecule has 0 saturated carbocycles. The largest absolute Gasteiger partial charge is 0.492 e. The molecule has 1 saturated heterocycles. The van der Waals surface area contributed by atoms with Crippen LogP contribution >= 0.6 is 0 Å². The average Bonchev–Trinajstić information content (AvgIpc) is 2.25. The van der Waals surface area contributed by atoms with Gasteiger partial charge in [0.2, 0.25) is 0 Å². The number of hydrogen-bond donors (Lipinski definition) is 0. The zero-order chi connectivity index (χ0) is 12.9. The summed E-state index contributed by atoms with van der Waals surface area (Å²) in [7, 11) is 0. The molecule has 0 bridgehead atoms. The van der Waals surface area contributed by atoms with Gasteiger partial charge in [0.1, 0.15) is 0 Å². The van der Waals surface area contributed by atoms with Crippen LogP contribution in [-0.2, 0) is 14.4 Å². The van der Waals surface area contributed by atoms with Crippen molar-refractivity contribution in [1.29, 1.82) is 0 Å². The van der Waals surface area contributed by atoms with Crippen LogP contribution < -0.4 is 0 Å². The molecule has 0 aromatic rings. The fourth-order valence-corrected chi connectivity index (χ4v) is 1.18. The summed E-state index contributed by atoms with van der Waals surface area (Å²) in [5, 5.41) is 4.07. The molecule has 1 aliphatic rings. The zero-order valence-corrected chi connectivity index (χ0v) is 8.55. The number of ether oxygens (including phenoxy) is 1. The Morgan fingerprint density at radius 3 is 2.94 bits per heavy atom. The SMILES string of the molecule is [N-]=[N+]=NC[C@H]1CN(OC(=O)C(F)(F)F)CCO1. The number of nitrogens with zero attached hydrogens (tertiary/aromatic N) is 4. The summed E-state index contributed by atoms with van der Waals surface area (Å²) < 4.78 is 40.8. The Labute approximate surface area is 93.7 Å². The maximum atomic E-state index is 11.9. The van der Waals surface area contributed by atoms with Gasteiger partial charge in [-0.15, -0.1) is 5.06 Å². The summed E-state index contributed by atoms with van der Waals surface area (Å²) in [6.07, 6.45) is -5.61. The minimum Gasteiger partial charge on any atom is -0.375 e. The van der Waals surface area contributed by atoms with Crippen molar-refractivity contribution in [3.8, 4) is 0 Å². The number of morpholine rings is 1. The van der Waals surface area contributed by atoms with Crippen LogP contribution in [0.15, 0.2) is 5.11 Å². The van der Waals surface area contributed by atoms with Gasteiger partial charge < -0.3 is 9.57 Å². The van der Waals surface area contributed by atoms with Gasteiger partial charge in [-0.05, 0) is 5.53 Å². The molecular formula is C7H9F3N4O3. The van der Waals surface area contributed by atoms with Gasteiger partial charge in [0.05, 0.1) is 32.3 Å². The molecule has 0 amide bonds. The first-order valence-corrected chi connectivity index (χ1v) is 4.60. The fraction of sp³-hybridized carbons (Fsp3) is 0.857. The number of carbonyl (C=O) groups excluding carboxylic acids is 1. The molecule has 0 N–H and O–H groups in total. The van der Waals surface area contributed by atoms with E-state index >= 15 is 0 Å². The Bertz CT molecular complexity index is 329. The van der Waals surface area contributed by atoms with Gasteiger partial charge >= 0.3 is 12.1 Å². The summed E-state index contributed by atoms with van der Waals surface area (Å²) >= 11 is 0. The van der Waals surface area contributed by atoms with Crippen LogP contribution in [0.2, 0.25) is 0 Å². The molecule has 10 heteroatoms. The summed E-state index contributed by atoms with van der Waals surface area (Å²) in [5.41, 5.74) is 8.07. The van der Waals surface area contributed by atoms with Gasteiger partial charge in [-0.3, -0.25) is 0 Å². The number of carbonyl (C=O) groups is 1. The second-order valence-electron chi connectivity index (χ2n) is 3.17. The van der Waals surface area contributed by atoms with Gasteiger partial charge in [0.15, 0.2) is 0 Å². The third kappa shape index (κ3) is 4.47. The maximum Gasteiger partial charge on any atom is 0.492 e. The molecule has 1 fully saturated rings. The van der Waals surface area contributed by atoms with Crippen LogP contribution in [0.5, 0.6) is 0 Å². The Morgan fingerprint density at radius 1 is 1.65 bits per heavy atom. The van der Waals surface area contributed by atoms with Gasteiger partial charge in [0.25, 0.3) is 0 Å². The number of rotatable bonds is 3. The minimum atomic E-state index is -5.03. The van der Waals surface area contributed by atoms with Crippen molar-refractivity contribution >= 4 is 5.97 Å². The monoisotopic (exact) mass is 254 g/mol. The van der Waals surface area contributed by atoms with Crippen molar-refractivity contribution in [2.45, 2.75) is 12.3 Å². The zero-order valence-electron chi connectivity index (χ0n) is 8.55. The average molecular weight is 254 g/mol. The molecule has 1 rings (SSSR count). The molecule has 1 aliphatic heterocycles. The Balaban J connectivity index is 2.44. The Kier molecular flexibility index (Phi) is 4.55. The van der Waals surface area contributed by atoms with Gasteiger partial charge in [-0.2, -0.15) is 13.2 Å². The van der Waals surface area contributed by atoms with Crippen LogP contribution in [0.4, 0.5) is 13.2 Å². The third-order valence-electron chi connectivity index (χ3n) is 1.89. The molecule has 0 spiro atoms. The van der Waals surface area contributed by atoms with E-state index in [0.717, 1.165) is 5.06 Å². The van der Waals surface area contributed by atoms with Crippen molar-refractivity contribution in [3.05, 3.63) is 10.4 Å². The van der Waals surface area contributed by atoms with Crippen LogP contribution in [-0.4, -0.2) is 49.6 Å². The molecule has 0 radical (unpaired) electrons. The number of azide groups is 1. The first-order valence-electron chi connectivity index (χ1n) is 4.60. The fourth-order valence-electron chi connectivity index (χ4n) is 1.18. The molecule has 0 aromatic heterocycles. The molecule has 0 unspecified atom stereocenters. The third-order valence-corrected chi connectivity index (χ3v) is 1.89. The summed E-state index contributed by atoms with van der Waals surface area (Å²) in [4.78, 5) is 17.2. The predicted octanol–water partition coefficient (Wildman–Crippen LogP) is 1.02. The Hall–Kier alpha value is -1.51. The molecule has 17 heavy (non-hydrogen) atoms. The van der Waals surface area contributed by atoms with E-state index in [4.69, 9.17) is 10.3 Å². The van der Waals surface area contributed by atoms with Crippen LogP contribution in [0.25, 0.3) is 10.4 Å². The van der Waals surface area contributed by atoms with Crippen LogP contribution in [0.1, 0.15) is 0 Å². The van der Waals surface area contributed by atoms with E-state index in [-0.39, 0.29) is 26.2 Å². The molecule has 7 nitrogen and oxygen atoms in total. The van der Waals surface area contributed by atoms with E-state index < -0.39 is 18.2 Å². The molecule has 0 aliphatic carbocycles. The van der Waals surface area contributed by atoms with Crippen molar-refractivity contribution in [1.82, 2.24) is 5.06 Å². The van der Waals surface area contributed by atoms with Crippen molar-refractivity contribution < 1.29 is 27.5 Å². The lowest BCUT2D eigenvalue weighted by Crippen LogP contribution is -2.46. The van der Waals surface area contributed by atoms with E-state index in [9.17, 15) is 18.0 Å². The summed E-state index contributed by atoms with van der Waals surface area (Å²) in [5.74, 6) is -2.28. The smallest absolute Gasteiger partial charge is 0.375 e. The van der Waals surface area contributed by atoms with Crippen molar-refractivity contribution in [3.63, 3.8) is 0 Å². The lowest BCUT2D eigenvalue weighted by Gasteiger charge is -2.30. The highest BCUT2D eigenvalue weighted by Gasteiger charge is 2.43. The quantitative estimate of drug-likeness (QED) is 0.427. The number of halogens is 3. The van der Waals surface area contributed by atoms with Crippen LogP contribution in [0, 0.1) is 0 Å². The van der Waals surface area contributed by atoms with E-state index in [2.05, 4.69) is 14.9 Å². The first kappa shape index (κ1) is 13.6. The summed E-state index contributed by atoms with van der Waals surface area (Å²) in [6, 6.07) is 0. The topological polar surface area (TPSA) is 87.5 Å². The molecule has 96 valence electrons. The van der Waals surface area contributed by atoms with E-state index in [0.29, 0.717) is 0 Å². The maximum absolute atomic E-state index is 11.9. The lowest BCUT2D eigenvalue weighted by atomic mass is 10.3. The standard InChI is InChI=1S/C7H9F3N4O3/c8-7(9,10)6(15)17-14-1-2-16-5(4-14)3-12-13-11/h5H,1-4H2/t5-/m0/s1. The van der Waals surface area contributed by atoms with Gasteiger partial charge in [-0.25, -0.2) is 4.79 Å². The highest BCUT2D eigenvalue weighted by atomic mass is 19.4. The Morgan fingerprint density at radius 2 is 2.35 bits per heavy atom. The van der Waals surface area contributed by atoms with Crippen molar-refractivity contribution in [2.75, 3.05) is 26.2 Å². The highest BCUT2D eigenvalue weighted by Crippen LogP contribution is 2.18. The van der Waals surface area contributed by atoms with Crippen molar-refractivity contribution in [2.24, 2.45) is 5.11 Å². The predicted molar refractivity (Wildman–Crippen MR) is 47.5 cm³/mol. The molecule has 0 aromatic carbocycles. The second kappa shape index (κ2) is 5.71. The molecular weight excluding hydrogens is 245 g/mol. The number of hydrogen-bond acceptors (Lipinski definition) is 5. The molecule has 1 heterocycles. The number of alkyl halides is 3. The first-order chi connectivity index (χ1) is 7.93. The molecule has 1 atom stereocenters. The van der Waals surface area contributed by atoms with Gasteiger partial charge in [-0.1, -0.05) is 5.11 Å². The van der Waals surface area contributed by atoms with E-state index in [1.165, 1.54) is 0 Å². The normalized spacial score (nSPS) is 21.7. The second-order valence-corrected chi connectivity index (χ2v) is 3.17. The highest BCUT2D eigenvalue weighted by molar-refractivity contribution is 5.75. The minimum absolute atomic E-state index is 0.0312. The number of hydroxylamine groups is 2. The van der Waals surface area contributed by atoms with E-state index in [1.807, 2.05) is 0 Å². The summed E-state index contributed by atoms with van der Waals surface area (Å²) in [6.45, 7) is 0.0305. The van der Waals surface area contributed by atoms with Gasteiger partial charge in [0, 0.05) is 4.91 Å².